The van der Waals surface area contributed by atoms with Gasteiger partial charge in [-0.15, -0.1) is 0 Å². The molecule has 0 aliphatic carbocycles. The molecule has 7 nitrogen and oxygen atoms in total. The minimum absolute atomic E-state index is 0.135. The van der Waals surface area contributed by atoms with Crippen LogP contribution in [0.4, 0.5) is 0 Å². The lowest BCUT2D eigenvalue weighted by Crippen LogP contribution is -2.24. The third-order valence-corrected chi connectivity index (χ3v) is 5.01. The van der Waals surface area contributed by atoms with Gasteiger partial charge in [0.2, 0.25) is 5.75 Å². The first-order valence-electron chi connectivity index (χ1n) is 8.95. The topological polar surface area (TPSA) is 86.3 Å². The van der Waals surface area contributed by atoms with Crippen LogP contribution >= 0.6 is 0 Å². The van der Waals surface area contributed by atoms with Gasteiger partial charge >= 0.3 is 0 Å². The number of carbonyl (C=O) groups is 1. The summed E-state index contributed by atoms with van der Waals surface area (Å²) in [6.45, 7) is 5.48. The minimum Gasteiger partial charge on any atom is -0.493 e. The number of nitrogens with zero attached hydrogens (tertiary/aromatic N) is 2. The molecule has 7 heteroatoms. The molecule has 3 rings (SSSR count). The predicted octanol–water partition coefficient (Wildman–Crippen LogP) is 3.81. The molecule has 2 aromatic heterocycles. The highest BCUT2D eigenvalue weighted by Gasteiger charge is 2.26. The zero-order valence-electron chi connectivity index (χ0n) is 17.0. The summed E-state index contributed by atoms with van der Waals surface area (Å²) in [7, 11) is 4.71. The number of aromatic nitrogens is 3. The van der Waals surface area contributed by atoms with Crippen molar-refractivity contribution in [1.82, 2.24) is 15.0 Å². The molecule has 0 saturated carbocycles. The highest BCUT2D eigenvalue weighted by atomic mass is 16.5. The number of hydrogen-bond donors (Lipinski definition) is 1. The van der Waals surface area contributed by atoms with Crippen LogP contribution in [0, 0.1) is 5.41 Å². The smallest absolute Gasteiger partial charge is 0.203 e. The van der Waals surface area contributed by atoms with Crippen LogP contribution in [0.3, 0.4) is 0 Å². The van der Waals surface area contributed by atoms with Gasteiger partial charge in [0.05, 0.1) is 33.2 Å². The summed E-state index contributed by atoms with van der Waals surface area (Å²) in [5.74, 6) is 1.75. The molecule has 2 heterocycles. The Hall–Kier alpha value is -3.09. The summed E-state index contributed by atoms with van der Waals surface area (Å²) >= 11 is 0. The van der Waals surface area contributed by atoms with Gasteiger partial charge in [0.25, 0.3) is 0 Å². The Bertz CT molecular complexity index is 999. The lowest BCUT2D eigenvalue weighted by Gasteiger charge is -2.20. The molecule has 148 valence electrons. The average molecular weight is 383 g/mol. The van der Waals surface area contributed by atoms with Gasteiger partial charge in [-0.25, -0.2) is 9.97 Å². The lowest BCUT2D eigenvalue weighted by molar-refractivity contribution is -0.124. The van der Waals surface area contributed by atoms with E-state index in [1.54, 1.807) is 34.4 Å². The number of hydrogen-bond acceptors (Lipinski definition) is 6. The van der Waals surface area contributed by atoms with Gasteiger partial charge in [0.1, 0.15) is 11.3 Å². The Labute approximate surface area is 164 Å². The Morgan fingerprint density at radius 3 is 2.29 bits per heavy atom. The third-order valence-electron chi connectivity index (χ3n) is 5.01. The van der Waals surface area contributed by atoms with E-state index in [-0.39, 0.29) is 5.78 Å². The van der Waals surface area contributed by atoms with Crippen molar-refractivity contribution in [2.45, 2.75) is 27.2 Å². The predicted molar refractivity (Wildman–Crippen MR) is 107 cm³/mol. The number of H-pyrrole nitrogens is 1. The lowest BCUT2D eigenvalue weighted by atomic mass is 9.83. The van der Waals surface area contributed by atoms with E-state index in [9.17, 15) is 4.79 Å². The first-order chi connectivity index (χ1) is 13.3. The van der Waals surface area contributed by atoms with E-state index in [0.29, 0.717) is 35.0 Å². The van der Waals surface area contributed by atoms with Crippen molar-refractivity contribution in [3.63, 3.8) is 0 Å². The molecule has 0 amide bonds. The van der Waals surface area contributed by atoms with E-state index in [0.717, 1.165) is 16.6 Å². The summed E-state index contributed by atoms with van der Waals surface area (Å²) in [5, 5.41) is 0. The number of carbonyl (C=O) groups excluding carboxylic acids is 1. The zero-order valence-corrected chi connectivity index (χ0v) is 17.0. The Balaban J connectivity index is 2.10. The molecule has 1 aromatic carbocycles. The number of rotatable bonds is 7. The maximum Gasteiger partial charge on any atom is 0.203 e. The molecule has 28 heavy (non-hydrogen) atoms. The molecule has 0 saturated heterocycles. The molecule has 0 bridgehead atoms. The van der Waals surface area contributed by atoms with Crippen LogP contribution in [0.25, 0.3) is 22.4 Å². The van der Waals surface area contributed by atoms with Gasteiger partial charge in [-0.3, -0.25) is 4.79 Å². The Kier molecular flexibility index (Phi) is 5.27. The highest BCUT2D eigenvalue weighted by Crippen LogP contribution is 2.41. The van der Waals surface area contributed by atoms with Crippen molar-refractivity contribution in [2.24, 2.45) is 5.41 Å². The normalized spacial score (nSPS) is 11.5. The van der Waals surface area contributed by atoms with Gasteiger partial charge in [-0.2, -0.15) is 0 Å². The van der Waals surface area contributed by atoms with Crippen LogP contribution < -0.4 is 14.2 Å². The fraction of sp³-hybridized carbons (Fsp3) is 0.381. The van der Waals surface area contributed by atoms with Gasteiger partial charge in [-0.05, 0) is 31.0 Å². The first kappa shape index (κ1) is 19.7. The van der Waals surface area contributed by atoms with E-state index >= 15 is 0 Å². The van der Waals surface area contributed by atoms with Crippen molar-refractivity contribution in [3.8, 4) is 28.5 Å². The van der Waals surface area contributed by atoms with Gasteiger partial charge in [-0.1, -0.05) is 13.8 Å². The highest BCUT2D eigenvalue weighted by molar-refractivity contribution is 5.84. The second-order valence-corrected chi connectivity index (χ2v) is 7.30. The SMILES string of the molecule is COc1cc(-c2cnc3[nH]cc(CC(C)(C)C(C)=O)c3n2)cc(OC)c1OC. The molecule has 0 aliphatic rings. The number of fused-ring (bicyclic) bond motifs is 1. The molecule has 0 radical (unpaired) electrons. The molecule has 0 atom stereocenters. The molecule has 0 unspecified atom stereocenters. The van der Waals surface area contributed by atoms with E-state index in [2.05, 4.69) is 9.97 Å². The van der Waals surface area contributed by atoms with Crippen molar-refractivity contribution in [2.75, 3.05) is 21.3 Å². The Morgan fingerprint density at radius 1 is 1.11 bits per heavy atom. The van der Waals surface area contributed by atoms with Crippen molar-refractivity contribution in [3.05, 3.63) is 30.1 Å². The van der Waals surface area contributed by atoms with E-state index in [1.165, 1.54) is 0 Å². The largest absolute Gasteiger partial charge is 0.493 e. The number of ketones is 1. The third kappa shape index (κ3) is 3.52. The second-order valence-electron chi connectivity index (χ2n) is 7.30. The maximum atomic E-state index is 11.9. The van der Waals surface area contributed by atoms with Crippen LogP contribution in [0.5, 0.6) is 17.2 Å². The maximum absolute atomic E-state index is 11.9. The van der Waals surface area contributed by atoms with Crippen molar-refractivity contribution < 1.29 is 19.0 Å². The fourth-order valence-electron chi connectivity index (χ4n) is 3.05. The molecule has 1 N–H and O–H groups in total. The van der Waals surface area contributed by atoms with Crippen LogP contribution in [0.1, 0.15) is 26.3 Å². The number of methoxy groups -OCH3 is 3. The van der Waals surface area contributed by atoms with Crippen molar-refractivity contribution in [1.29, 1.82) is 0 Å². The number of benzene rings is 1. The van der Waals surface area contributed by atoms with Crippen LogP contribution in [-0.4, -0.2) is 42.1 Å². The second kappa shape index (κ2) is 7.50. The van der Waals surface area contributed by atoms with E-state index in [4.69, 9.17) is 19.2 Å². The first-order valence-corrected chi connectivity index (χ1v) is 8.95. The van der Waals surface area contributed by atoms with E-state index < -0.39 is 5.41 Å². The van der Waals surface area contributed by atoms with Crippen LogP contribution in [0.2, 0.25) is 0 Å². The minimum atomic E-state index is -0.473. The summed E-state index contributed by atoms with van der Waals surface area (Å²) in [4.78, 5) is 24.4. The summed E-state index contributed by atoms with van der Waals surface area (Å²) in [6, 6.07) is 3.67. The van der Waals surface area contributed by atoms with Crippen LogP contribution in [-0.2, 0) is 11.2 Å². The van der Waals surface area contributed by atoms with Gasteiger partial charge in [0, 0.05) is 17.2 Å². The fourth-order valence-corrected chi connectivity index (χ4v) is 3.05. The van der Waals surface area contributed by atoms with Gasteiger partial charge < -0.3 is 19.2 Å². The quantitative estimate of drug-likeness (QED) is 0.668. The van der Waals surface area contributed by atoms with Gasteiger partial charge in [0.15, 0.2) is 17.1 Å². The monoisotopic (exact) mass is 383 g/mol. The van der Waals surface area contributed by atoms with Crippen LogP contribution in [0.15, 0.2) is 24.5 Å². The zero-order chi connectivity index (χ0) is 20.5. The number of Topliss-reactive ketones (excluding diaryl/α,β-unsaturated/α-hetero) is 1. The molecule has 0 fully saturated rings. The molecular weight excluding hydrogens is 358 g/mol. The summed E-state index contributed by atoms with van der Waals surface area (Å²) in [6.07, 6.45) is 4.14. The van der Waals surface area contributed by atoms with E-state index in [1.807, 2.05) is 32.2 Å². The molecular formula is C21H25N3O4. The Morgan fingerprint density at radius 2 is 1.75 bits per heavy atom. The molecule has 3 aromatic rings. The average Bonchev–Trinajstić information content (AvgIpc) is 3.08. The number of ether oxygens (including phenoxy) is 3. The summed E-state index contributed by atoms with van der Waals surface area (Å²) < 4.78 is 16.2. The number of aromatic amines is 1. The molecule has 0 aliphatic heterocycles. The standard InChI is InChI=1S/C21H25N3O4/c1-12(25)21(2,3)9-14-10-22-20-18(14)24-15(11-23-20)13-7-16(26-4)19(28-6)17(8-13)27-5/h7-8,10-11H,9H2,1-6H3,(H,22,23). The number of nitrogens with one attached hydrogen (secondary N) is 1. The van der Waals surface area contributed by atoms with Crippen molar-refractivity contribution >= 4 is 16.9 Å². The molecule has 0 spiro atoms. The summed E-state index contributed by atoms with van der Waals surface area (Å²) in [5.41, 5.74) is 3.39.